The number of carbonyl (C=O) groups is 1. The second-order valence-corrected chi connectivity index (χ2v) is 7.85. The molecular formula is C19H21NO6S. The van der Waals surface area contributed by atoms with Crippen LogP contribution >= 0.6 is 0 Å². The summed E-state index contributed by atoms with van der Waals surface area (Å²) in [6.07, 6.45) is 0.710. The monoisotopic (exact) mass is 391 g/mol. The summed E-state index contributed by atoms with van der Waals surface area (Å²) in [6.45, 7) is 0.900. The zero-order valence-corrected chi connectivity index (χ0v) is 15.9. The summed E-state index contributed by atoms with van der Waals surface area (Å²) < 4.78 is 38.0. The molecule has 27 heavy (non-hydrogen) atoms. The van der Waals surface area contributed by atoms with Gasteiger partial charge < -0.3 is 18.6 Å². The van der Waals surface area contributed by atoms with E-state index in [0.717, 1.165) is 23.1 Å². The van der Waals surface area contributed by atoms with Gasteiger partial charge in [0.25, 0.3) is 0 Å². The lowest BCUT2D eigenvalue weighted by Crippen LogP contribution is -2.42. The standard InChI is InChI=1S/C19H21NO6S/c1-24-16-7-3-14(4-8-16)11-20-12-18(25-13-19(20)21)15-5-9-17(10-6-15)26-27(2,22)23/h3-10,18H,11-13H2,1-2H3/t18-/m0/s1. The van der Waals surface area contributed by atoms with E-state index < -0.39 is 10.1 Å². The Morgan fingerprint density at radius 2 is 1.70 bits per heavy atom. The van der Waals surface area contributed by atoms with Gasteiger partial charge >= 0.3 is 10.1 Å². The van der Waals surface area contributed by atoms with Crippen LogP contribution in [0, 0.1) is 0 Å². The summed E-state index contributed by atoms with van der Waals surface area (Å²) in [4.78, 5) is 13.9. The van der Waals surface area contributed by atoms with Gasteiger partial charge in [0.15, 0.2) is 0 Å². The van der Waals surface area contributed by atoms with Crippen molar-refractivity contribution in [2.75, 3.05) is 26.5 Å². The van der Waals surface area contributed by atoms with Crippen LogP contribution in [0.15, 0.2) is 48.5 Å². The Bertz CT molecular complexity index is 893. The van der Waals surface area contributed by atoms with Crippen molar-refractivity contribution in [3.05, 3.63) is 59.7 Å². The number of hydrogen-bond acceptors (Lipinski definition) is 6. The predicted octanol–water partition coefficient (Wildman–Crippen LogP) is 2.13. The van der Waals surface area contributed by atoms with Crippen molar-refractivity contribution < 1.29 is 26.9 Å². The number of methoxy groups -OCH3 is 1. The molecule has 7 nitrogen and oxygen atoms in total. The van der Waals surface area contributed by atoms with E-state index in [2.05, 4.69) is 0 Å². The molecule has 0 aromatic heterocycles. The Kier molecular flexibility index (Phi) is 5.67. The van der Waals surface area contributed by atoms with Crippen molar-refractivity contribution in [2.24, 2.45) is 0 Å². The van der Waals surface area contributed by atoms with Gasteiger partial charge in [0.2, 0.25) is 5.91 Å². The molecule has 1 fully saturated rings. The highest BCUT2D eigenvalue weighted by atomic mass is 32.2. The molecule has 3 rings (SSSR count). The van der Waals surface area contributed by atoms with E-state index in [-0.39, 0.29) is 24.4 Å². The topological polar surface area (TPSA) is 82.1 Å². The molecule has 0 radical (unpaired) electrons. The molecule has 0 aliphatic carbocycles. The molecular weight excluding hydrogens is 370 g/mol. The first-order valence-electron chi connectivity index (χ1n) is 8.36. The minimum atomic E-state index is -3.56. The third-order valence-corrected chi connectivity index (χ3v) is 4.67. The van der Waals surface area contributed by atoms with Gasteiger partial charge in [0.05, 0.1) is 19.9 Å². The van der Waals surface area contributed by atoms with E-state index in [0.29, 0.717) is 13.1 Å². The number of nitrogens with zero attached hydrogens (tertiary/aromatic N) is 1. The van der Waals surface area contributed by atoms with Gasteiger partial charge in [-0.2, -0.15) is 8.42 Å². The highest BCUT2D eigenvalue weighted by Crippen LogP contribution is 2.26. The van der Waals surface area contributed by atoms with Gasteiger partial charge in [0, 0.05) is 6.54 Å². The van der Waals surface area contributed by atoms with Crippen molar-refractivity contribution in [3.63, 3.8) is 0 Å². The first-order valence-corrected chi connectivity index (χ1v) is 10.2. The van der Waals surface area contributed by atoms with Crippen LogP contribution in [0.4, 0.5) is 0 Å². The van der Waals surface area contributed by atoms with Gasteiger partial charge in [-0.15, -0.1) is 0 Å². The molecule has 1 heterocycles. The molecule has 0 unspecified atom stereocenters. The first-order chi connectivity index (χ1) is 12.8. The van der Waals surface area contributed by atoms with E-state index in [1.54, 1.807) is 36.3 Å². The van der Waals surface area contributed by atoms with Crippen molar-refractivity contribution in [1.82, 2.24) is 4.90 Å². The van der Waals surface area contributed by atoms with Crippen LogP contribution in [0.1, 0.15) is 17.2 Å². The number of ether oxygens (including phenoxy) is 2. The number of benzene rings is 2. The molecule has 8 heteroatoms. The van der Waals surface area contributed by atoms with E-state index in [9.17, 15) is 13.2 Å². The molecule has 2 aromatic rings. The molecule has 1 aliphatic rings. The molecule has 2 aromatic carbocycles. The van der Waals surface area contributed by atoms with Crippen LogP contribution in [0.3, 0.4) is 0 Å². The van der Waals surface area contributed by atoms with Crippen LogP contribution in [-0.4, -0.2) is 45.7 Å². The summed E-state index contributed by atoms with van der Waals surface area (Å²) in [6, 6.07) is 14.2. The third kappa shape index (κ3) is 5.21. The summed E-state index contributed by atoms with van der Waals surface area (Å²) in [5.74, 6) is 0.934. The Morgan fingerprint density at radius 1 is 1.07 bits per heavy atom. The molecule has 1 aliphatic heterocycles. The van der Waals surface area contributed by atoms with E-state index in [4.69, 9.17) is 13.7 Å². The van der Waals surface area contributed by atoms with Crippen LogP contribution in [0.5, 0.6) is 11.5 Å². The number of hydrogen-bond donors (Lipinski definition) is 0. The van der Waals surface area contributed by atoms with Crippen molar-refractivity contribution in [1.29, 1.82) is 0 Å². The molecule has 0 N–H and O–H groups in total. The normalized spacial score (nSPS) is 17.6. The number of carbonyl (C=O) groups excluding carboxylic acids is 1. The van der Waals surface area contributed by atoms with Crippen molar-refractivity contribution in [2.45, 2.75) is 12.6 Å². The number of rotatable bonds is 6. The third-order valence-electron chi connectivity index (χ3n) is 4.18. The van der Waals surface area contributed by atoms with Crippen LogP contribution < -0.4 is 8.92 Å². The number of morpholine rings is 1. The second-order valence-electron chi connectivity index (χ2n) is 6.28. The summed E-state index contributed by atoms with van der Waals surface area (Å²) in [7, 11) is -1.96. The lowest BCUT2D eigenvalue weighted by Gasteiger charge is -2.33. The Hall–Kier alpha value is -2.58. The fourth-order valence-corrected chi connectivity index (χ4v) is 3.30. The molecule has 144 valence electrons. The van der Waals surface area contributed by atoms with Crippen LogP contribution in [0.25, 0.3) is 0 Å². The molecule has 1 amide bonds. The fraction of sp³-hybridized carbons (Fsp3) is 0.316. The maximum atomic E-state index is 12.2. The SMILES string of the molecule is COc1ccc(CN2C[C@@H](c3ccc(OS(C)(=O)=O)cc3)OCC2=O)cc1. The number of amides is 1. The fourth-order valence-electron chi connectivity index (χ4n) is 2.84. The smallest absolute Gasteiger partial charge is 0.306 e. The highest BCUT2D eigenvalue weighted by molar-refractivity contribution is 7.86. The maximum Gasteiger partial charge on any atom is 0.306 e. The van der Waals surface area contributed by atoms with E-state index >= 15 is 0 Å². The van der Waals surface area contributed by atoms with Crippen LogP contribution in [0.2, 0.25) is 0 Å². The van der Waals surface area contributed by atoms with Gasteiger partial charge in [0.1, 0.15) is 24.2 Å². The van der Waals surface area contributed by atoms with Crippen molar-refractivity contribution >= 4 is 16.0 Å². The Labute approximate surface area is 158 Å². The first kappa shape index (κ1) is 19.2. The molecule has 1 atom stereocenters. The van der Waals surface area contributed by atoms with Gasteiger partial charge in [-0.25, -0.2) is 0 Å². The molecule has 0 spiro atoms. The maximum absolute atomic E-state index is 12.2. The van der Waals surface area contributed by atoms with Gasteiger partial charge in [-0.3, -0.25) is 4.79 Å². The molecule has 0 bridgehead atoms. The van der Waals surface area contributed by atoms with E-state index in [1.165, 1.54) is 0 Å². The summed E-state index contributed by atoms with van der Waals surface area (Å²) in [5.41, 5.74) is 1.85. The van der Waals surface area contributed by atoms with Crippen LogP contribution in [-0.2, 0) is 26.2 Å². The second kappa shape index (κ2) is 7.98. The summed E-state index contributed by atoms with van der Waals surface area (Å²) in [5, 5.41) is 0. The minimum Gasteiger partial charge on any atom is -0.497 e. The Balaban J connectivity index is 1.67. The van der Waals surface area contributed by atoms with Crippen molar-refractivity contribution in [3.8, 4) is 11.5 Å². The Morgan fingerprint density at radius 3 is 2.30 bits per heavy atom. The average Bonchev–Trinajstić information content (AvgIpc) is 2.63. The van der Waals surface area contributed by atoms with E-state index in [1.807, 2.05) is 24.3 Å². The lowest BCUT2D eigenvalue weighted by atomic mass is 10.1. The lowest BCUT2D eigenvalue weighted by molar-refractivity contribution is -0.150. The molecule has 0 saturated carbocycles. The van der Waals surface area contributed by atoms with Gasteiger partial charge in [-0.1, -0.05) is 24.3 Å². The highest BCUT2D eigenvalue weighted by Gasteiger charge is 2.27. The zero-order chi connectivity index (χ0) is 19.4. The zero-order valence-electron chi connectivity index (χ0n) is 15.1. The average molecular weight is 391 g/mol. The molecule has 1 saturated heterocycles. The quantitative estimate of drug-likeness (QED) is 0.702. The minimum absolute atomic E-state index is 0.00239. The largest absolute Gasteiger partial charge is 0.497 e. The van der Waals surface area contributed by atoms with Gasteiger partial charge in [-0.05, 0) is 35.4 Å². The summed E-state index contributed by atoms with van der Waals surface area (Å²) >= 11 is 0. The predicted molar refractivity (Wildman–Crippen MR) is 99.0 cm³/mol.